The zero-order valence-electron chi connectivity index (χ0n) is 12.9. The van der Waals surface area contributed by atoms with Gasteiger partial charge in [0.25, 0.3) is 5.69 Å². The highest BCUT2D eigenvalue weighted by Crippen LogP contribution is 2.32. The van der Waals surface area contributed by atoms with Gasteiger partial charge in [0.2, 0.25) is 5.71 Å². The highest BCUT2D eigenvalue weighted by molar-refractivity contribution is 6.30. The third-order valence-electron chi connectivity index (χ3n) is 2.98. The maximum Gasteiger partial charge on any atom is 0.275 e. The molecule has 124 valence electrons. The maximum atomic E-state index is 11.1. The van der Waals surface area contributed by atoms with E-state index in [-0.39, 0.29) is 17.1 Å². The third kappa shape index (κ3) is 4.67. The van der Waals surface area contributed by atoms with Crippen LogP contribution in [0, 0.1) is 39.7 Å². The van der Waals surface area contributed by atoms with Crippen LogP contribution in [0.2, 0.25) is 5.02 Å². The quantitative estimate of drug-likeness (QED) is 0.487. The Morgan fingerprint density at radius 1 is 1.28 bits per heavy atom. The van der Waals surface area contributed by atoms with E-state index in [4.69, 9.17) is 26.9 Å². The predicted octanol–water partition coefficient (Wildman–Crippen LogP) is 4.16. The summed E-state index contributed by atoms with van der Waals surface area (Å²) in [7, 11) is 0. The van der Waals surface area contributed by atoms with Crippen LogP contribution >= 0.6 is 11.6 Å². The Morgan fingerprint density at radius 2 is 2.00 bits per heavy atom. The number of ether oxygens (including phenoxy) is 1. The van der Waals surface area contributed by atoms with E-state index in [9.17, 15) is 10.1 Å². The standard InChI is InChI=1S/C16H10ClN5O3/c1-10-4-11(17)2-3-16(10)25-15-6-12(5-14(7-15)22(23)24)20-21-13(8-18)9-19/h2-7,20H,1H3. The van der Waals surface area contributed by atoms with Gasteiger partial charge in [0.15, 0.2) is 0 Å². The van der Waals surface area contributed by atoms with Crippen molar-refractivity contribution in [1.29, 1.82) is 10.5 Å². The second kappa shape index (κ2) is 7.77. The average molecular weight is 356 g/mol. The molecule has 0 aromatic heterocycles. The van der Waals surface area contributed by atoms with Crippen LogP contribution in [0.5, 0.6) is 11.5 Å². The largest absolute Gasteiger partial charge is 0.457 e. The van der Waals surface area contributed by atoms with Crippen LogP contribution in [0.4, 0.5) is 11.4 Å². The van der Waals surface area contributed by atoms with Gasteiger partial charge in [-0.05, 0) is 30.7 Å². The normalized spacial score (nSPS) is 9.44. The molecule has 0 aliphatic rings. The number of anilines is 1. The van der Waals surface area contributed by atoms with Gasteiger partial charge >= 0.3 is 0 Å². The Bertz CT molecular complexity index is 928. The first-order valence-electron chi connectivity index (χ1n) is 6.80. The van der Waals surface area contributed by atoms with Gasteiger partial charge in [-0.3, -0.25) is 15.5 Å². The minimum atomic E-state index is -0.591. The lowest BCUT2D eigenvalue weighted by Crippen LogP contribution is -1.98. The molecule has 0 amide bonds. The minimum absolute atomic E-state index is 0.188. The summed E-state index contributed by atoms with van der Waals surface area (Å²) in [5, 5.41) is 32.5. The number of hydrazone groups is 1. The Hall–Kier alpha value is -3.62. The molecule has 1 N–H and O–H groups in total. The number of nitrogens with one attached hydrogen (secondary N) is 1. The van der Waals surface area contributed by atoms with Crippen molar-refractivity contribution in [2.75, 3.05) is 5.43 Å². The second-order valence-corrected chi connectivity index (χ2v) is 5.22. The molecule has 2 aromatic carbocycles. The number of non-ortho nitro benzene ring substituents is 1. The molecule has 25 heavy (non-hydrogen) atoms. The van der Waals surface area contributed by atoms with E-state index in [0.717, 1.165) is 5.56 Å². The number of nitrogens with zero attached hydrogens (tertiary/aromatic N) is 4. The van der Waals surface area contributed by atoms with Crippen LogP contribution in [-0.2, 0) is 0 Å². The Morgan fingerprint density at radius 3 is 2.60 bits per heavy atom. The number of hydrogen-bond acceptors (Lipinski definition) is 7. The molecule has 0 heterocycles. The maximum absolute atomic E-state index is 11.1. The molecule has 0 unspecified atom stereocenters. The molecular formula is C16H10ClN5O3. The van der Waals surface area contributed by atoms with E-state index < -0.39 is 10.6 Å². The highest BCUT2D eigenvalue weighted by atomic mass is 35.5. The van der Waals surface area contributed by atoms with Crippen molar-refractivity contribution in [1.82, 2.24) is 0 Å². The van der Waals surface area contributed by atoms with E-state index in [1.807, 2.05) is 0 Å². The molecule has 0 bridgehead atoms. The van der Waals surface area contributed by atoms with Gasteiger partial charge in [-0.1, -0.05) is 11.6 Å². The topological polar surface area (TPSA) is 124 Å². The van der Waals surface area contributed by atoms with E-state index in [1.54, 1.807) is 37.3 Å². The summed E-state index contributed by atoms with van der Waals surface area (Å²) < 4.78 is 5.67. The molecule has 0 saturated heterocycles. The van der Waals surface area contributed by atoms with Crippen molar-refractivity contribution in [2.45, 2.75) is 6.92 Å². The minimum Gasteiger partial charge on any atom is -0.457 e. The lowest BCUT2D eigenvalue weighted by atomic mass is 10.2. The molecule has 0 aliphatic heterocycles. The number of rotatable bonds is 5. The average Bonchev–Trinajstić information content (AvgIpc) is 2.58. The first kappa shape index (κ1) is 17.7. The van der Waals surface area contributed by atoms with Crippen LogP contribution in [0.1, 0.15) is 5.56 Å². The summed E-state index contributed by atoms with van der Waals surface area (Å²) in [5.74, 6) is 0.668. The number of aryl methyl sites for hydroxylation is 1. The second-order valence-electron chi connectivity index (χ2n) is 4.78. The van der Waals surface area contributed by atoms with Crippen molar-refractivity contribution >= 4 is 28.7 Å². The van der Waals surface area contributed by atoms with Gasteiger partial charge in [-0.15, -0.1) is 0 Å². The number of nitro groups is 1. The Kier molecular flexibility index (Phi) is 5.51. The monoisotopic (exact) mass is 355 g/mol. The SMILES string of the molecule is Cc1cc(Cl)ccc1Oc1cc(NN=C(C#N)C#N)cc([N+](=O)[O-])c1. The van der Waals surface area contributed by atoms with Crippen LogP contribution in [-0.4, -0.2) is 10.6 Å². The first-order chi connectivity index (χ1) is 11.9. The van der Waals surface area contributed by atoms with Crippen LogP contribution < -0.4 is 10.2 Å². The number of nitro benzene ring substituents is 1. The number of nitriles is 2. The number of halogens is 1. The molecule has 0 spiro atoms. The van der Waals surface area contributed by atoms with Crippen LogP contribution in [0.15, 0.2) is 41.5 Å². The lowest BCUT2D eigenvalue weighted by molar-refractivity contribution is -0.384. The van der Waals surface area contributed by atoms with Gasteiger partial charge in [-0.2, -0.15) is 15.6 Å². The van der Waals surface area contributed by atoms with E-state index >= 15 is 0 Å². The van der Waals surface area contributed by atoms with Crippen molar-refractivity contribution < 1.29 is 9.66 Å². The molecule has 0 atom stereocenters. The van der Waals surface area contributed by atoms with Gasteiger partial charge in [0.1, 0.15) is 23.6 Å². The summed E-state index contributed by atoms with van der Waals surface area (Å²) >= 11 is 5.89. The zero-order chi connectivity index (χ0) is 18.4. The molecule has 0 fully saturated rings. The summed E-state index contributed by atoms with van der Waals surface area (Å²) in [5.41, 5.74) is 2.72. The molecule has 0 radical (unpaired) electrons. The third-order valence-corrected chi connectivity index (χ3v) is 3.21. The summed E-state index contributed by atoms with van der Waals surface area (Å²) in [4.78, 5) is 10.5. The van der Waals surface area contributed by atoms with Gasteiger partial charge in [-0.25, -0.2) is 0 Å². The molecule has 0 saturated carbocycles. The zero-order valence-corrected chi connectivity index (χ0v) is 13.6. The van der Waals surface area contributed by atoms with Crippen molar-refractivity contribution in [3.8, 4) is 23.6 Å². The van der Waals surface area contributed by atoms with Crippen LogP contribution in [0.3, 0.4) is 0 Å². The first-order valence-corrected chi connectivity index (χ1v) is 7.18. The fourth-order valence-corrected chi connectivity index (χ4v) is 2.09. The van der Waals surface area contributed by atoms with E-state index in [0.29, 0.717) is 10.8 Å². The van der Waals surface area contributed by atoms with Gasteiger partial charge in [0, 0.05) is 17.2 Å². The molecule has 2 rings (SSSR count). The smallest absolute Gasteiger partial charge is 0.275 e. The summed E-state index contributed by atoms with van der Waals surface area (Å²) in [6, 6.07) is 12.0. The van der Waals surface area contributed by atoms with Gasteiger partial charge in [0.05, 0.1) is 16.7 Å². The summed E-state index contributed by atoms with van der Waals surface area (Å²) in [6.07, 6.45) is 0. The molecule has 8 nitrogen and oxygen atoms in total. The van der Waals surface area contributed by atoms with Crippen LogP contribution in [0.25, 0.3) is 0 Å². The molecule has 0 aliphatic carbocycles. The highest BCUT2D eigenvalue weighted by Gasteiger charge is 2.12. The lowest BCUT2D eigenvalue weighted by Gasteiger charge is -2.10. The molecule has 2 aromatic rings. The summed E-state index contributed by atoms with van der Waals surface area (Å²) in [6.45, 7) is 1.79. The van der Waals surface area contributed by atoms with Crippen molar-refractivity contribution in [3.05, 3.63) is 57.1 Å². The van der Waals surface area contributed by atoms with Gasteiger partial charge < -0.3 is 4.74 Å². The Balaban J connectivity index is 2.37. The van der Waals surface area contributed by atoms with Crippen molar-refractivity contribution in [3.63, 3.8) is 0 Å². The number of benzene rings is 2. The van der Waals surface area contributed by atoms with Crippen molar-refractivity contribution in [2.24, 2.45) is 5.10 Å². The molecular weight excluding hydrogens is 346 g/mol. The van der Waals surface area contributed by atoms with E-state index in [2.05, 4.69) is 10.5 Å². The number of hydrogen-bond donors (Lipinski definition) is 1. The van der Waals surface area contributed by atoms with E-state index in [1.165, 1.54) is 18.2 Å². The fourth-order valence-electron chi connectivity index (χ4n) is 1.86. The fraction of sp³-hybridized carbons (Fsp3) is 0.0625. The molecule has 9 heteroatoms. The Labute approximate surface area is 147 Å². The predicted molar refractivity (Wildman–Crippen MR) is 91.6 cm³/mol.